The molecule has 2 aromatic rings. The van der Waals surface area contributed by atoms with Crippen LogP contribution in [0.1, 0.15) is 6.42 Å². The predicted molar refractivity (Wildman–Crippen MR) is 106 cm³/mol. The molecule has 146 valence electrons. The summed E-state index contributed by atoms with van der Waals surface area (Å²) in [5.74, 6) is -0.431. The number of anilines is 2. The molecule has 1 N–H and O–H groups in total. The number of likely N-dealkylation sites (N-methyl/N-ethyl adjacent to an activating group) is 1. The SMILES string of the molecule is CN1CC(=O)N(c2cccc(F)c2)C[C@@]12CCN(C(=O)Nc1ccccc1)C2. The average Bonchev–Trinajstić information content (AvgIpc) is 3.11. The molecule has 1 spiro atoms. The molecule has 2 aliphatic heterocycles. The lowest BCUT2D eigenvalue weighted by atomic mass is 9.92. The minimum absolute atomic E-state index is 0.0640. The van der Waals surface area contributed by atoms with Crippen LogP contribution in [0.5, 0.6) is 0 Å². The highest BCUT2D eigenvalue weighted by molar-refractivity contribution is 5.96. The van der Waals surface area contributed by atoms with Gasteiger partial charge < -0.3 is 15.1 Å². The fraction of sp³-hybridized carbons (Fsp3) is 0.333. The summed E-state index contributed by atoms with van der Waals surface area (Å²) in [5.41, 5.74) is 0.973. The van der Waals surface area contributed by atoms with Gasteiger partial charge in [-0.25, -0.2) is 9.18 Å². The van der Waals surface area contributed by atoms with E-state index in [0.717, 1.165) is 12.1 Å². The molecule has 0 bridgehead atoms. The van der Waals surface area contributed by atoms with Crippen LogP contribution in [0.2, 0.25) is 0 Å². The minimum Gasteiger partial charge on any atom is -0.323 e. The van der Waals surface area contributed by atoms with Gasteiger partial charge in [-0.15, -0.1) is 0 Å². The molecule has 3 amide bonds. The van der Waals surface area contributed by atoms with E-state index in [0.29, 0.717) is 25.3 Å². The van der Waals surface area contributed by atoms with Crippen LogP contribution in [-0.2, 0) is 4.79 Å². The Hall–Kier alpha value is -2.93. The van der Waals surface area contributed by atoms with Gasteiger partial charge in [0.1, 0.15) is 5.82 Å². The molecule has 2 heterocycles. The highest BCUT2D eigenvalue weighted by Gasteiger charge is 2.48. The van der Waals surface area contributed by atoms with Crippen molar-refractivity contribution in [2.75, 3.05) is 43.4 Å². The smallest absolute Gasteiger partial charge is 0.321 e. The number of carbonyl (C=O) groups is 2. The first-order valence-electron chi connectivity index (χ1n) is 9.35. The third kappa shape index (κ3) is 3.45. The van der Waals surface area contributed by atoms with Crippen LogP contribution in [0.3, 0.4) is 0 Å². The molecule has 7 heteroatoms. The molecular formula is C21H23FN4O2. The Labute approximate surface area is 163 Å². The van der Waals surface area contributed by atoms with Crippen LogP contribution in [0.4, 0.5) is 20.6 Å². The minimum atomic E-state index is -0.367. The maximum atomic E-state index is 13.7. The van der Waals surface area contributed by atoms with Crippen molar-refractivity contribution in [3.63, 3.8) is 0 Å². The summed E-state index contributed by atoms with van der Waals surface area (Å²) >= 11 is 0. The number of halogens is 1. The van der Waals surface area contributed by atoms with Gasteiger partial charge in [-0.3, -0.25) is 9.69 Å². The van der Waals surface area contributed by atoms with Crippen LogP contribution < -0.4 is 10.2 Å². The number of para-hydroxylation sites is 1. The molecular weight excluding hydrogens is 359 g/mol. The van der Waals surface area contributed by atoms with E-state index >= 15 is 0 Å². The van der Waals surface area contributed by atoms with E-state index in [9.17, 15) is 14.0 Å². The summed E-state index contributed by atoms with van der Waals surface area (Å²) in [6, 6.07) is 15.3. The zero-order valence-corrected chi connectivity index (χ0v) is 15.8. The Balaban J connectivity index is 1.50. The van der Waals surface area contributed by atoms with Gasteiger partial charge >= 0.3 is 6.03 Å². The second kappa shape index (κ2) is 7.24. The van der Waals surface area contributed by atoms with E-state index in [1.165, 1.54) is 12.1 Å². The first-order chi connectivity index (χ1) is 13.5. The zero-order chi connectivity index (χ0) is 19.7. The van der Waals surface area contributed by atoms with Gasteiger partial charge in [-0.2, -0.15) is 0 Å². The van der Waals surface area contributed by atoms with E-state index in [-0.39, 0.29) is 29.8 Å². The van der Waals surface area contributed by atoms with Crippen LogP contribution in [-0.4, -0.2) is 60.5 Å². The molecule has 2 aliphatic rings. The van der Waals surface area contributed by atoms with Gasteiger partial charge in [-0.1, -0.05) is 24.3 Å². The van der Waals surface area contributed by atoms with Crippen LogP contribution in [0, 0.1) is 5.82 Å². The molecule has 0 aliphatic carbocycles. The number of benzene rings is 2. The monoisotopic (exact) mass is 382 g/mol. The maximum Gasteiger partial charge on any atom is 0.321 e. The molecule has 2 saturated heterocycles. The van der Waals surface area contributed by atoms with E-state index < -0.39 is 0 Å². The Morgan fingerprint density at radius 2 is 1.89 bits per heavy atom. The van der Waals surface area contributed by atoms with Crippen molar-refractivity contribution in [3.05, 3.63) is 60.4 Å². The zero-order valence-electron chi connectivity index (χ0n) is 15.8. The molecule has 6 nitrogen and oxygen atoms in total. The fourth-order valence-corrected chi connectivity index (χ4v) is 4.03. The lowest BCUT2D eigenvalue weighted by Crippen LogP contribution is -2.64. The molecule has 0 saturated carbocycles. The van der Waals surface area contributed by atoms with Crippen molar-refractivity contribution >= 4 is 23.3 Å². The molecule has 0 unspecified atom stereocenters. The van der Waals surface area contributed by atoms with E-state index in [2.05, 4.69) is 5.32 Å². The number of nitrogens with one attached hydrogen (secondary N) is 1. The first kappa shape index (κ1) is 18.4. The number of amides is 3. The van der Waals surface area contributed by atoms with Crippen molar-refractivity contribution in [1.29, 1.82) is 0 Å². The quantitative estimate of drug-likeness (QED) is 0.869. The summed E-state index contributed by atoms with van der Waals surface area (Å²) in [4.78, 5) is 30.7. The fourth-order valence-electron chi connectivity index (χ4n) is 4.03. The molecule has 0 aromatic heterocycles. The summed E-state index contributed by atoms with van der Waals surface area (Å²) < 4.78 is 13.7. The van der Waals surface area contributed by atoms with Crippen molar-refractivity contribution in [2.45, 2.75) is 12.0 Å². The Kier molecular flexibility index (Phi) is 4.77. The van der Waals surface area contributed by atoms with Gasteiger partial charge in [0, 0.05) is 31.0 Å². The number of nitrogens with zero attached hydrogens (tertiary/aromatic N) is 3. The molecule has 4 rings (SSSR count). The number of hydrogen-bond acceptors (Lipinski definition) is 3. The molecule has 2 aromatic carbocycles. The second-order valence-electron chi connectivity index (χ2n) is 7.51. The predicted octanol–water partition coefficient (Wildman–Crippen LogP) is 2.78. The standard InChI is InChI=1S/C21H23FN4O2/c1-24-13-19(27)26(18-9-5-6-16(22)12-18)15-21(24)10-11-25(14-21)20(28)23-17-7-3-2-4-8-17/h2-9,12H,10-11,13-15H2,1H3,(H,23,28)/t21-/m0/s1. The number of urea groups is 1. The van der Waals surface area contributed by atoms with Crippen molar-refractivity contribution in [1.82, 2.24) is 9.80 Å². The van der Waals surface area contributed by atoms with Crippen LogP contribution in [0.15, 0.2) is 54.6 Å². The number of hydrogen-bond donors (Lipinski definition) is 1. The largest absolute Gasteiger partial charge is 0.323 e. The Morgan fingerprint density at radius 1 is 1.11 bits per heavy atom. The highest BCUT2D eigenvalue weighted by atomic mass is 19.1. The van der Waals surface area contributed by atoms with Gasteiger partial charge in [0.25, 0.3) is 0 Å². The van der Waals surface area contributed by atoms with Crippen LogP contribution in [0.25, 0.3) is 0 Å². The number of likely N-dealkylation sites (tertiary alicyclic amines) is 1. The Morgan fingerprint density at radius 3 is 2.64 bits per heavy atom. The maximum absolute atomic E-state index is 13.7. The Bertz CT molecular complexity index is 891. The van der Waals surface area contributed by atoms with Gasteiger partial charge in [-0.05, 0) is 43.8 Å². The summed E-state index contributed by atoms with van der Waals surface area (Å²) in [7, 11) is 1.92. The first-order valence-corrected chi connectivity index (χ1v) is 9.35. The average molecular weight is 382 g/mol. The number of piperazine rings is 1. The van der Waals surface area contributed by atoms with Crippen molar-refractivity contribution < 1.29 is 14.0 Å². The number of rotatable bonds is 2. The normalized spacial score (nSPS) is 22.7. The van der Waals surface area contributed by atoms with Crippen molar-refractivity contribution in [3.8, 4) is 0 Å². The van der Waals surface area contributed by atoms with E-state index in [1.807, 2.05) is 42.3 Å². The summed E-state index contributed by atoms with van der Waals surface area (Å²) in [6.07, 6.45) is 0.755. The van der Waals surface area contributed by atoms with Crippen molar-refractivity contribution in [2.24, 2.45) is 0 Å². The third-order valence-electron chi connectivity index (χ3n) is 5.70. The summed E-state index contributed by atoms with van der Waals surface area (Å²) in [5, 5.41) is 2.92. The third-order valence-corrected chi connectivity index (χ3v) is 5.70. The summed E-state index contributed by atoms with van der Waals surface area (Å²) in [6.45, 7) is 1.79. The molecule has 2 fully saturated rings. The van der Waals surface area contributed by atoms with E-state index in [4.69, 9.17) is 0 Å². The second-order valence-corrected chi connectivity index (χ2v) is 7.51. The topological polar surface area (TPSA) is 55.9 Å². The van der Waals surface area contributed by atoms with Gasteiger partial charge in [0.15, 0.2) is 0 Å². The van der Waals surface area contributed by atoms with Gasteiger partial charge in [0.05, 0.1) is 12.1 Å². The molecule has 1 atom stereocenters. The lowest BCUT2D eigenvalue weighted by molar-refractivity contribution is -0.123. The molecule has 28 heavy (non-hydrogen) atoms. The molecule has 0 radical (unpaired) electrons. The highest BCUT2D eigenvalue weighted by Crippen LogP contribution is 2.33. The lowest BCUT2D eigenvalue weighted by Gasteiger charge is -2.46. The number of carbonyl (C=O) groups excluding carboxylic acids is 2. The van der Waals surface area contributed by atoms with Crippen LogP contribution >= 0.6 is 0 Å². The van der Waals surface area contributed by atoms with E-state index in [1.54, 1.807) is 21.9 Å². The van der Waals surface area contributed by atoms with Gasteiger partial charge in [0.2, 0.25) is 5.91 Å².